The molecule has 1 amide bonds. The molecule has 1 aliphatic heterocycles. The van der Waals surface area contributed by atoms with Crippen molar-refractivity contribution < 1.29 is 13.2 Å². The summed E-state index contributed by atoms with van der Waals surface area (Å²) in [5.74, 6) is 0.597. The summed E-state index contributed by atoms with van der Waals surface area (Å²) >= 11 is 0. The monoisotopic (exact) mass is 374 g/mol. The minimum atomic E-state index is -2.97. The molecule has 7 nitrogen and oxygen atoms in total. The maximum Gasteiger partial charge on any atom is 0.276 e. The lowest BCUT2D eigenvalue weighted by molar-refractivity contribution is 0.102. The van der Waals surface area contributed by atoms with Gasteiger partial charge < -0.3 is 10.2 Å². The molecule has 1 aromatic heterocycles. The third kappa shape index (κ3) is 4.19. The quantitative estimate of drug-likeness (QED) is 0.861. The second-order valence-electron chi connectivity index (χ2n) is 6.44. The second kappa shape index (κ2) is 7.41. The van der Waals surface area contributed by atoms with E-state index in [9.17, 15) is 13.2 Å². The van der Waals surface area contributed by atoms with Crippen molar-refractivity contribution in [1.29, 1.82) is 0 Å². The molecule has 0 aliphatic carbocycles. The van der Waals surface area contributed by atoms with Crippen LogP contribution in [0.25, 0.3) is 0 Å². The molecule has 0 saturated carbocycles. The Bertz CT molecular complexity index is 897. The molecule has 1 saturated heterocycles. The summed E-state index contributed by atoms with van der Waals surface area (Å²) in [6.07, 6.45) is 0.591. The number of aryl methyl sites for hydroxylation is 1. The average molecular weight is 374 g/mol. The van der Waals surface area contributed by atoms with E-state index in [-0.39, 0.29) is 29.1 Å². The zero-order chi connectivity index (χ0) is 18.7. The summed E-state index contributed by atoms with van der Waals surface area (Å²) in [6, 6.07) is 10.7. The number of carbonyl (C=O) groups excluding carboxylic acids is 1. The van der Waals surface area contributed by atoms with Crippen LogP contribution in [0, 0.1) is 6.92 Å². The Morgan fingerprint density at radius 3 is 2.65 bits per heavy atom. The second-order valence-corrected chi connectivity index (χ2v) is 8.67. The van der Waals surface area contributed by atoms with Gasteiger partial charge in [-0.05, 0) is 50.1 Å². The summed E-state index contributed by atoms with van der Waals surface area (Å²) in [5.41, 5.74) is 1.96. The summed E-state index contributed by atoms with van der Waals surface area (Å²) < 4.78 is 23.4. The van der Waals surface area contributed by atoms with Crippen LogP contribution < -0.4 is 10.2 Å². The number of nitrogens with zero attached hydrogens (tertiary/aromatic N) is 3. The van der Waals surface area contributed by atoms with E-state index in [0.717, 1.165) is 5.56 Å². The van der Waals surface area contributed by atoms with Crippen molar-refractivity contribution >= 4 is 27.2 Å². The van der Waals surface area contributed by atoms with E-state index >= 15 is 0 Å². The fourth-order valence-corrected chi connectivity index (χ4v) is 4.88. The van der Waals surface area contributed by atoms with E-state index in [1.54, 1.807) is 12.1 Å². The van der Waals surface area contributed by atoms with Crippen molar-refractivity contribution in [3.63, 3.8) is 0 Å². The van der Waals surface area contributed by atoms with Gasteiger partial charge in [-0.15, -0.1) is 10.2 Å². The standard InChI is InChI=1S/C18H22N4O3S/c1-3-22(15-9-10-26(24,25)12-15)17-8-7-16(20-21-17)18(23)19-14-6-4-5-13(2)11-14/h4-8,11,15H,3,9-10,12H2,1-2H3,(H,19,23). The molecule has 0 radical (unpaired) electrons. The molecule has 1 aliphatic rings. The van der Waals surface area contributed by atoms with Gasteiger partial charge in [-0.3, -0.25) is 4.79 Å². The van der Waals surface area contributed by atoms with Gasteiger partial charge in [0.1, 0.15) is 0 Å². The third-order valence-electron chi connectivity index (χ3n) is 4.44. The minimum Gasteiger partial charge on any atom is -0.351 e. The van der Waals surface area contributed by atoms with Crippen LogP contribution in [0.1, 0.15) is 29.4 Å². The Balaban J connectivity index is 1.72. The van der Waals surface area contributed by atoms with Crippen LogP contribution in [0.4, 0.5) is 11.5 Å². The Hall–Kier alpha value is -2.48. The molecular formula is C18H22N4O3S. The number of nitrogens with one attached hydrogen (secondary N) is 1. The molecule has 1 unspecified atom stereocenters. The van der Waals surface area contributed by atoms with Crippen LogP contribution in [-0.2, 0) is 9.84 Å². The highest BCUT2D eigenvalue weighted by molar-refractivity contribution is 7.91. The van der Waals surface area contributed by atoms with Crippen molar-refractivity contribution in [2.75, 3.05) is 28.3 Å². The highest BCUT2D eigenvalue weighted by Gasteiger charge is 2.32. The number of sulfone groups is 1. The topological polar surface area (TPSA) is 92.3 Å². The molecule has 0 bridgehead atoms. The van der Waals surface area contributed by atoms with Gasteiger partial charge in [-0.1, -0.05) is 12.1 Å². The molecule has 3 rings (SSSR count). The summed E-state index contributed by atoms with van der Waals surface area (Å²) in [4.78, 5) is 14.2. The number of hydrogen-bond donors (Lipinski definition) is 1. The first-order chi connectivity index (χ1) is 12.4. The molecule has 2 heterocycles. The van der Waals surface area contributed by atoms with Crippen molar-refractivity contribution in [2.24, 2.45) is 0 Å². The Kier molecular flexibility index (Phi) is 5.22. The molecule has 1 fully saturated rings. The van der Waals surface area contributed by atoms with E-state index in [2.05, 4.69) is 15.5 Å². The fraction of sp³-hybridized carbons (Fsp3) is 0.389. The number of rotatable bonds is 5. The molecular weight excluding hydrogens is 352 g/mol. The number of carbonyl (C=O) groups is 1. The lowest BCUT2D eigenvalue weighted by Gasteiger charge is -2.27. The molecule has 2 aromatic rings. The van der Waals surface area contributed by atoms with Gasteiger partial charge in [-0.25, -0.2) is 8.42 Å². The van der Waals surface area contributed by atoms with Gasteiger partial charge in [-0.2, -0.15) is 0 Å². The average Bonchev–Trinajstić information content (AvgIpc) is 2.96. The van der Waals surface area contributed by atoms with Crippen LogP contribution >= 0.6 is 0 Å². The van der Waals surface area contributed by atoms with Crippen LogP contribution in [-0.4, -0.2) is 48.6 Å². The predicted molar refractivity (Wildman–Crippen MR) is 101 cm³/mol. The van der Waals surface area contributed by atoms with Gasteiger partial charge in [0, 0.05) is 18.3 Å². The van der Waals surface area contributed by atoms with Crippen molar-refractivity contribution in [3.05, 3.63) is 47.7 Å². The lowest BCUT2D eigenvalue weighted by Crippen LogP contribution is -2.37. The zero-order valence-electron chi connectivity index (χ0n) is 14.8. The number of hydrogen-bond acceptors (Lipinski definition) is 6. The smallest absolute Gasteiger partial charge is 0.276 e. The van der Waals surface area contributed by atoms with E-state index in [1.165, 1.54) is 0 Å². The molecule has 1 N–H and O–H groups in total. The summed E-state index contributed by atoms with van der Waals surface area (Å²) in [7, 11) is -2.97. The van der Waals surface area contributed by atoms with Gasteiger partial charge in [0.15, 0.2) is 21.3 Å². The highest BCUT2D eigenvalue weighted by atomic mass is 32.2. The van der Waals surface area contributed by atoms with Gasteiger partial charge >= 0.3 is 0 Å². The normalized spacial score (nSPS) is 18.5. The maximum absolute atomic E-state index is 12.3. The van der Waals surface area contributed by atoms with Gasteiger partial charge in [0.2, 0.25) is 0 Å². The fourth-order valence-electron chi connectivity index (χ4n) is 3.15. The number of amides is 1. The predicted octanol–water partition coefficient (Wildman–Crippen LogP) is 2.05. The molecule has 138 valence electrons. The first-order valence-corrected chi connectivity index (χ1v) is 10.4. The SMILES string of the molecule is CCN(c1ccc(C(=O)Nc2cccc(C)c2)nn1)C1CCS(=O)(=O)C1. The lowest BCUT2D eigenvalue weighted by atomic mass is 10.2. The van der Waals surface area contributed by atoms with Crippen molar-refractivity contribution in [2.45, 2.75) is 26.3 Å². The summed E-state index contributed by atoms with van der Waals surface area (Å²) in [6.45, 7) is 4.53. The molecule has 0 spiro atoms. The first kappa shape index (κ1) is 18.3. The minimum absolute atomic E-state index is 0.0914. The first-order valence-electron chi connectivity index (χ1n) is 8.57. The molecule has 8 heteroatoms. The largest absolute Gasteiger partial charge is 0.351 e. The summed E-state index contributed by atoms with van der Waals surface area (Å²) in [5, 5.41) is 11.0. The Morgan fingerprint density at radius 1 is 1.27 bits per heavy atom. The molecule has 1 aromatic carbocycles. The Labute approximate surface area is 153 Å². The third-order valence-corrected chi connectivity index (χ3v) is 6.19. The molecule has 1 atom stereocenters. The van der Waals surface area contributed by atoms with E-state index in [1.807, 2.05) is 43.0 Å². The number of anilines is 2. The number of benzene rings is 1. The Morgan fingerprint density at radius 2 is 2.08 bits per heavy atom. The van der Waals surface area contributed by atoms with Gasteiger partial charge in [0.25, 0.3) is 5.91 Å². The molecule has 26 heavy (non-hydrogen) atoms. The zero-order valence-corrected chi connectivity index (χ0v) is 15.7. The van der Waals surface area contributed by atoms with E-state index in [0.29, 0.717) is 24.5 Å². The highest BCUT2D eigenvalue weighted by Crippen LogP contribution is 2.22. The van der Waals surface area contributed by atoms with Crippen LogP contribution in [0.5, 0.6) is 0 Å². The van der Waals surface area contributed by atoms with E-state index < -0.39 is 9.84 Å². The van der Waals surface area contributed by atoms with Crippen LogP contribution in [0.3, 0.4) is 0 Å². The van der Waals surface area contributed by atoms with E-state index in [4.69, 9.17) is 0 Å². The number of aromatic nitrogens is 2. The van der Waals surface area contributed by atoms with Crippen molar-refractivity contribution in [3.8, 4) is 0 Å². The van der Waals surface area contributed by atoms with Crippen molar-refractivity contribution in [1.82, 2.24) is 10.2 Å². The maximum atomic E-state index is 12.3. The van der Waals surface area contributed by atoms with Gasteiger partial charge in [0.05, 0.1) is 11.5 Å². The van der Waals surface area contributed by atoms with Crippen LogP contribution in [0.2, 0.25) is 0 Å². The van der Waals surface area contributed by atoms with Crippen LogP contribution in [0.15, 0.2) is 36.4 Å².